The van der Waals surface area contributed by atoms with Crippen molar-refractivity contribution in [2.75, 3.05) is 33.0 Å². The Morgan fingerprint density at radius 2 is 0.914 bits per heavy atom. The number of nitrogens with one attached hydrogen (secondary N) is 8. The van der Waals surface area contributed by atoms with Gasteiger partial charge in [-0.25, -0.2) is 37.5 Å². The largest absolute Gasteiger partial charge is 0.506 e. The van der Waals surface area contributed by atoms with Crippen LogP contribution in [0.15, 0.2) is 146 Å². The first kappa shape index (κ1) is 88.6. The highest BCUT2D eigenvalue weighted by Gasteiger charge is 2.35. The molecule has 0 saturated heterocycles. The molecule has 8 aromatic heterocycles. The number of hydrogen-bond acceptors (Lipinski definition) is 14. The van der Waals surface area contributed by atoms with Crippen LogP contribution in [0.25, 0.3) is 44.5 Å². The van der Waals surface area contributed by atoms with Crippen LogP contribution in [-0.4, -0.2) is 117 Å². The number of anilines is 1. The van der Waals surface area contributed by atoms with Gasteiger partial charge < -0.3 is 67.2 Å². The highest BCUT2D eigenvalue weighted by molar-refractivity contribution is 6.31. The van der Waals surface area contributed by atoms with Gasteiger partial charge in [0.2, 0.25) is 0 Å². The minimum Gasteiger partial charge on any atom is -0.506 e. The van der Waals surface area contributed by atoms with Gasteiger partial charge in [0.15, 0.2) is 0 Å². The van der Waals surface area contributed by atoms with Crippen LogP contribution >= 0.6 is 69.6 Å². The standard InChI is InChI=1S/C21H18Cl2N4O2.C21H21ClF2N4O.C20H16ClF4N3O2.C19H17Cl2FN4O2/c1-11-19(16-7-18(23)25-9-14(16)8-24)12(2)26-20(11)21(29)27-17(10-28)13-4-3-5-15(22)6-13;1-12-19(15-8-18(22)25-10-17(15)24)16(11-28(2)3)20(27-12)21(29)26-9-13-4-6-14(23)7-5-13;1-10-17(13-6-16(21)26-9-15(13)29)14(7-20(23,24)25)18(28-10)19(30)27-8-11-2-4-12(22)5-3-11;1-9-16(12-6-15(21)24-7-13(12)22)17(23)18(25-9)19(28)26-14(8-27)10-3-2-4-11(20)5-10/h3-7,9,17,26,28H,10H2,1-2H3,(H,27,29);4-8,10,27H,9,11H2,1-3H3,(H,26,29);2-6,9,28-29H,7-8H2,1H3,(H,27,30);2-7,14,25,27H,8,23H2,1H3,(H,26,28)/t17-;;;14-/m1..1/s1. The number of aromatic nitrogens is 8. The molecule has 8 heterocycles. The third-order valence-corrected chi connectivity index (χ3v) is 19.1. The van der Waals surface area contributed by atoms with E-state index < -0.39 is 53.9 Å². The van der Waals surface area contributed by atoms with Crippen molar-refractivity contribution in [3.63, 3.8) is 0 Å². The zero-order valence-corrected chi connectivity index (χ0v) is 66.9. The summed E-state index contributed by atoms with van der Waals surface area (Å²) in [5, 5.41) is 51.3. The van der Waals surface area contributed by atoms with E-state index in [4.69, 9.17) is 75.3 Å². The molecule has 13 N–H and O–H groups in total. The summed E-state index contributed by atoms with van der Waals surface area (Å²) < 4.78 is 94.6. The SMILES string of the molecule is Cc1[nH]c(C(=O)NCc2ccc(F)cc2)c(CC(F)(F)F)c1-c1cc(Cl)ncc1O.Cc1[nH]c(C(=O)NCc2ccc(F)cc2)c(CN(C)C)c1-c1cc(Cl)ncc1F.Cc1[nH]c(C(=O)N[C@H](CO)c2cccc(Cl)c2)c(C)c1-c1cc(Cl)ncc1C#N.Cc1[nH]c(C(=O)N[C@H](CO)c2cccc(Cl)c2)c(N)c1-c1cc(Cl)ncc1F. The normalized spacial score (nSPS) is 11.6. The van der Waals surface area contributed by atoms with Gasteiger partial charge in [-0.3, -0.25) is 19.2 Å². The van der Waals surface area contributed by atoms with E-state index in [-0.39, 0.29) is 121 Å². The van der Waals surface area contributed by atoms with E-state index in [2.05, 4.69) is 67.2 Å². The molecule has 0 saturated carbocycles. The lowest BCUT2D eigenvalue weighted by molar-refractivity contribution is -0.127. The van der Waals surface area contributed by atoms with Crippen LogP contribution in [0.3, 0.4) is 0 Å². The second kappa shape index (κ2) is 39.4. The molecular weight excluding hydrogens is 1640 g/mol. The van der Waals surface area contributed by atoms with Crippen molar-refractivity contribution in [1.82, 2.24) is 66.0 Å². The number of nitrogens with zero attached hydrogens (tertiary/aromatic N) is 6. The lowest BCUT2D eigenvalue weighted by Gasteiger charge is -2.17. The molecule has 0 fully saturated rings. The first-order chi connectivity index (χ1) is 55.0. The number of aryl methyl sites for hydroxylation is 4. The van der Waals surface area contributed by atoms with E-state index in [0.29, 0.717) is 89.4 Å². The highest BCUT2D eigenvalue weighted by Crippen LogP contribution is 2.41. The number of aliphatic hydroxyl groups excluding tert-OH is 2. The summed E-state index contributed by atoms with van der Waals surface area (Å²) in [6, 6.07) is 31.4. The molecule has 0 radical (unpaired) electrons. The number of aliphatic hydroxyl groups is 2. The molecule has 0 aliphatic carbocycles. The Kier molecular flexibility index (Phi) is 30.1. The Morgan fingerprint density at radius 3 is 1.37 bits per heavy atom. The quantitative estimate of drug-likeness (QED) is 0.0235. The van der Waals surface area contributed by atoms with E-state index in [1.165, 1.54) is 67.7 Å². The van der Waals surface area contributed by atoms with Gasteiger partial charge in [0.05, 0.1) is 61.6 Å². The van der Waals surface area contributed by atoms with Crippen LogP contribution in [-0.2, 0) is 26.1 Å². The number of nitrogen functional groups attached to an aromatic ring is 1. The maximum Gasteiger partial charge on any atom is 0.393 e. The number of aromatic hydroxyl groups is 1. The van der Waals surface area contributed by atoms with Crippen LogP contribution in [0.4, 0.5) is 36.4 Å². The molecule has 0 spiro atoms. The van der Waals surface area contributed by atoms with Gasteiger partial charge in [-0.2, -0.15) is 18.4 Å². The summed E-state index contributed by atoms with van der Waals surface area (Å²) in [6.45, 7) is 8.55. The van der Waals surface area contributed by atoms with Crippen LogP contribution in [0.1, 0.15) is 121 Å². The van der Waals surface area contributed by atoms with Crippen molar-refractivity contribution in [3.8, 4) is 56.3 Å². The molecule has 0 bridgehead atoms. The molecule has 116 heavy (non-hydrogen) atoms. The van der Waals surface area contributed by atoms with E-state index in [0.717, 1.165) is 35.4 Å². The fourth-order valence-electron chi connectivity index (χ4n) is 12.6. The number of rotatable bonds is 21. The monoisotopic (exact) mass is 1710 g/mol. The number of carbonyl (C=O) groups excluding carboxylic acids is 4. The zero-order valence-electron chi connectivity index (χ0n) is 62.4. The number of nitrogens with two attached hydrogens (primary N) is 1. The van der Waals surface area contributed by atoms with Crippen molar-refractivity contribution in [1.29, 1.82) is 5.26 Å². The van der Waals surface area contributed by atoms with Gasteiger partial charge in [0.1, 0.15) is 78.5 Å². The van der Waals surface area contributed by atoms with Gasteiger partial charge in [-0.15, -0.1) is 0 Å². The molecule has 0 unspecified atom stereocenters. The minimum absolute atomic E-state index is 0.00962. The second-order valence-corrected chi connectivity index (χ2v) is 28.8. The molecule has 4 aromatic carbocycles. The van der Waals surface area contributed by atoms with E-state index in [1.807, 2.05) is 25.9 Å². The van der Waals surface area contributed by atoms with Gasteiger partial charge in [0, 0.05) is 109 Å². The van der Waals surface area contributed by atoms with E-state index in [1.54, 1.807) is 87.5 Å². The Morgan fingerprint density at radius 1 is 0.517 bits per heavy atom. The lowest BCUT2D eigenvalue weighted by Crippen LogP contribution is -2.31. The number of alkyl halides is 3. The molecule has 4 amide bonds. The van der Waals surface area contributed by atoms with E-state index in [9.17, 15) is 70.5 Å². The Balaban J connectivity index is 0.000000177. The lowest BCUT2D eigenvalue weighted by atomic mass is 9.98. The molecular formula is C81H72Cl6F7N15O7. The summed E-state index contributed by atoms with van der Waals surface area (Å²) in [4.78, 5) is 79.9. The molecule has 12 rings (SSSR count). The zero-order chi connectivity index (χ0) is 84.7. The van der Waals surface area contributed by atoms with E-state index >= 15 is 0 Å². The van der Waals surface area contributed by atoms with Gasteiger partial charge in [-0.1, -0.05) is 118 Å². The molecule has 2 atom stereocenters. The molecule has 604 valence electrons. The maximum atomic E-state index is 14.5. The topological polar surface area (TPSA) is 345 Å². The number of amides is 4. The summed E-state index contributed by atoms with van der Waals surface area (Å²) in [5.41, 5.74) is 15.5. The van der Waals surface area contributed by atoms with Gasteiger partial charge >= 0.3 is 6.18 Å². The Hall–Kier alpha value is -11.3. The molecule has 22 nitrogen and oxygen atoms in total. The van der Waals surface area contributed by atoms with Gasteiger partial charge in [0.25, 0.3) is 23.6 Å². The summed E-state index contributed by atoms with van der Waals surface area (Å²) >= 11 is 35.7. The number of H-pyrrole nitrogens is 4. The summed E-state index contributed by atoms with van der Waals surface area (Å²) in [7, 11) is 3.73. The first-order valence-corrected chi connectivity index (χ1v) is 37.0. The number of nitriles is 1. The molecule has 12 aromatic rings. The maximum absolute atomic E-state index is 14.5. The third kappa shape index (κ3) is 22.4. The van der Waals surface area contributed by atoms with Crippen LogP contribution in [0.5, 0.6) is 5.75 Å². The van der Waals surface area contributed by atoms with Crippen LogP contribution in [0, 0.1) is 69.2 Å². The molecule has 0 aliphatic rings. The van der Waals surface area contributed by atoms with Gasteiger partial charge in [-0.05, 0) is 155 Å². The van der Waals surface area contributed by atoms with Crippen molar-refractivity contribution in [2.24, 2.45) is 0 Å². The van der Waals surface area contributed by atoms with Crippen LogP contribution in [0.2, 0.25) is 30.7 Å². The Bertz CT molecular complexity index is 5640. The Labute approximate surface area is 689 Å². The minimum atomic E-state index is -4.61. The number of carbonyl (C=O) groups is 4. The number of halogens is 13. The molecule has 0 aliphatic heterocycles. The fraction of sp³-hybridized carbons (Fsp3) is 0.198. The average molecular weight is 1710 g/mol. The predicted molar refractivity (Wildman–Crippen MR) is 430 cm³/mol. The number of pyridine rings is 4. The predicted octanol–water partition coefficient (Wildman–Crippen LogP) is 17.4. The van der Waals surface area contributed by atoms with Crippen molar-refractivity contribution in [2.45, 2.75) is 78.9 Å². The van der Waals surface area contributed by atoms with Crippen molar-refractivity contribution >= 4 is 98.9 Å². The summed E-state index contributed by atoms with van der Waals surface area (Å²) in [6.07, 6.45) is -1.52. The number of benzene rings is 4. The fourth-order valence-corrected chi connectivity index (χ4v) is 13.6. The molecule has 35 heteroatoms. The number of hydrogen-bond donors (Lipinski definition) is 12. The number of aromatic amines is 4. The average Bonchev–Trinajstić information content (AvgIpc) is 1.63. The van der Waals surface area contributed by atoms with Crippen molar-refractivity contribution in [3.05, 3.63) is 290 Å². The highest BCUT2D eigenvalue weighted by atomic mass is 35.5. The first-order valence-electron chi connectivity index (χ1n) is 34.7. The van der Waals surface area contributed by atoms with Crippen LogP contribution < -0.4 is 27.0 Å². The van der Waals surface area contributed by atoms with Crippen molar-refractivity contribution < 1.29 is 65.2 Å². The summed E-state index contributed by atoms with van der Waals surface area (Å²) in [5.74, 6) is -4.32. The third-order valence-electron chi connectivity index (χ3n) is 17.8. The second-order valence-electron chi connectivity index (χ2n) is 26.3. The smallest absolute Gasteiger partial charge is 0.393 e.